The maximum Gasteiger partial charge on any atom is 0.128 e. The van der Waals surface area contributed by atoms with Crippen molar-refractivity contribution in [2.24, 2.45) is 11.8 Å². The van der Waals surface area contributed by atoms with E-state index >= 15 is 0 Å². The van der Waals surface area contributed by atoms with Crippen LogP contribution in [0.15, 0.2) is 18.3 Å². The number of anilines is 1. The summed E-state index contributed by atoms with van der Waals surface area (Å²) in [7, 11) is 2.01. The van der Waals surface area contributed by atoms with Gasteiger partial charge in [-0.2, -0.15) is 0 Å². The van der Waals surface area contributed by atoms with E-state index in [9.17, 15) is 0 Å². The summed E-state index contributed by atoms with van der Waals surface area (Å²) in [5, 5.41) is 3.40. The second-order valence-electron chi connectivity index (χ2n) is 4.92. The lowest BCUT2D eigenvalue weighted by Crippen LogP contribution is -2.25. The minimum atomic E-state index is 0.360. The van der Waals surface area contributed by atoms with Crippen LogP contribution in [0.3, 0.4) is 0 Å². The molecule has 1 heterocycles. The first kappa shape index (κ1) is 11.4. The first-order valence-corrected chi connectivity index (χ1v) is 6.10. The minimum Gasteiger partial charge on any atom is -0.383 e. The van der Waals surface area contributed by atoms with Gasteiger partial charge < -0.3 is 11.1 Å². The summed E-state index contributed by atoms with van der Waals surface area (Å²) < 4.78 is 0. The quantitative estimate of drug-likeness (QED) is 0.820. The van der Waals surface area contributed by atoms with Gasteiger partial charge in [0.25, 0.3) is 0 Å². The van der Waals surface area contributed by atoms with Crippen LogP contribution in [0.1, 0.15) is 37.8 Å². The summed E-state index contributed by atoms with van der Waals surface area (Å²) in [6.45, 7) is 2.33. The van der Waals surface area contributed by atoms with Gasteiger partial charge in [0.05, 0.1) is 0 Å². The van der Waals surface area contributed by atoms with Gasteiger partial charge in [-0.1, -0.05) is 19.4 Å². The van der Waals surface area contributed by atoms with Crippen molar-refractivity contribution in [3.63, 3.8) is 0 Å². The third-order valence-electron chi connectivity index (χ3n) is 3.72. The lowest BCUT2D eigenvalue weighted by molar-refractivity contribution is 0.380. The van der Waals surface area contributed by atoms with E-state index in [0.717, 1.165) is 11.5 Å². The van der Waals surface area contributed by atoms with Crippen LogP contribution in [0.4, 0.5) is 5.82 Å². The maximum absolute atomic E-state index is 5.95. The monoisotopic (exact) mass is 219 g/mol. The number of rotatable bonds is 3. The van der Waals surface area contributed by atoms with Gasteiger partial charge in [0.15, 0.2) is 0 Å². The van der Waals surface area contributed by atoms with Crippen LogP contribution in [0.25, 0.3) is 0 Å². The molecule has 3 atom stereocenters. The summed E-state index contributed by atoms with van der Waals surface area (Å²) in [6.07, 6.45) is 5.67. The van der Waals surface area contributed by atoms with Crippen molar-refractivity contribution < 1.29 is 0 Å². The molecule has 88 valence electrons. The van der Waals surface area contributed by atoms with Crippen molar-refractivity contribution >= 4 is 5.82 Å². The van der Waals surface area contributed by atoms with Crippen molar-refractivity contribution in [1.29, 1.82) is 0 Å². The van der Waals surface area contributed by atoms with E-state index in [-0.39, 0.29) is 0 Å². The fourth-order valence-corrected chi connectivity index (χ4v) is 2.89. The number of hydrogen-bond donors (Lipinski definition) is 2. The zero-order valence-electron chi connectivity index (χ0n) is 10.1. The van der Waals surface area contributed by atoms with Gasteiger partial charge in [-0.15, -0.1) is 0 Å². The molecule has 2 rings (SSSR count). The summed E-state index contributed by atoms with van der Waals surface area (Å²) in [6, 6.07) is 4.42. The van der Waals surface area contributed by atoms with Crippen molar-refractivity contribution in [3.8, 4) is 0 Å². The van der Waals surface area contributed by atoms with Gasteiger partial charge >= 0.3 is 0 Å². The fourth-order valence-electron chi connectivity index (χ4n) is 2.89. The van der Waals surface area contributed by atoms with E-state index in [1.54, 1.807) is 6.20 Å². The highest BCUT2D eigenvalue weighted by Crippen LogP contribution is 2.39. The first-order valence-electron chi connectivity index (χ1n) is 6.10. The Bertz CT molecular complexity index is 351. The topological polar surface area (TPSA) is 50.9 Å². The largest absolute Gasteiger partial charge is 0.383 e. The Morgan fingerprint density at radius 1 is 1.50 bits per heavy atom. The summed E-state index contributed by atoms with van der Waals surface area (Å²) in [5.74, 6) is 2.21. The van der Waals surface area contributed by atoms with Crippen LogP contribution >= 0.6 is 0 Å². The molecule has 0 radical (unpaired) electrons. The first-order chi connectivity index (χ1) is 7.72. The Hall–Kier alpha value is -1.09. The number of nitrogen functional groups attached to an aromatic ring is 1. The fraction of sp³-hybridized carbons (Fsp3) is 0.615. The standard InChI is InChI=1S/C13H21N3/c1-9-5-6-10(8-9)12(15-2)11-4-3-7-16-13(11)14/h3-4,7,9-10,12,15H,5-6,8H2,1-2H3,(H2,14,16). The summed E-state index contributed by atoms with van der Waals surface area (Å²) in [4.78, 5) is 4.18. The Balaban J connectivity index is 2.19. The van der Waals surface area contributed by atoms with Gasteiger partial charge in [-0.05, 0) is 37.8 Å². The molecule has 16 heavy (non-hydrogen) atoms. The number of nitrogens with two attached hydrogens (primary N) is 1. The zero-order chi connectivity index (χ0) is 11.5. The molecule has 3 N–H and O–H groups in total. The normalized spacial score (nSPS) is 26.9. The molecule has 0 saturated heterocycles. The van der Waals surface area contributed by atoms with Crippen LogP contribution < -0.4 is 11.1 Å². The van der Waals surface area contributed by atoms with Crippen molar-refractivity contribution in [2.75, 3.05) is 12.8 Å². The number of nitrogens with one attached hydrogen (secondary N) is 1. The van der Waals surface area contributed by atoms with E-state index in [2.05, 4.69) is 23.3 Å². The Kier molecular flexibility index (Phi) is 3.44. The Morgan fingerprint density at radius 2 is 2.31 bits per heavy atom. The SMILES string of the molecule is CNC(c1cccnc1N)C1CCC(C)C1. The molecule has 0 aromatic carbocycles. The highest BCUT2D eigenvalue weighted by atomic mass is 14.9. The number of nitrogens with zero attached hydrogens (tertiary/aromatic N) is 1. The third-order valence-corrected chi connectivity index (χ3v) is 3.72. The molecule has 1 aromatic rings. The molecule has 1 saturated carbocycles. The van der Waals surface area contributed by atoms with E-state index in [1.807, 2.05) is 13.1 Å². The number of aromatic nitrogens is 1. The van der Waals surface area contributed by atoms with E-state index in [4.69, 9.17) is 5.73 Å². The number of hydrogen-bond acceptors (Lipinski definition) is 3. The highest BCUT2D eigenvalue weighted by molar-refractivity contribution is 5.41. The van der Waals surface area contributed by atoms with Crippen LogP contribution in [0.2, 0.25) is 0 Å². The molecule has 3 heteroatoms. The smallest absolute Gasteiger partial charge is 0.128 e. The van der Waals surface area contributed by atoms with Crippen LogP contribution in [-0.4, -0.2) is 12.0 Å². The number of pyridine rings is 1. The average molecular weight is 219 g/mol. The van der Waals surface area contributed by atoms with E-state index in [1.165, 1.54) is 19.3 Å². The van der Waals surface area contributed by atoms with Gasteiger partial charge in [0, 0.05) is 17.8 Å². The Morgan fingerprint density at radius 3 is 2.88 bits per heavy atom. The third kappa shape index (κ3) is 2.19. The Labute approximate surface area is 97.5 Å². The van der Waals surface area contributed by atoms with Gasteiger partial charge in [0.2, 0.25) is 0 Å². The van der Waals surface area contributed by atoms with Crippen molar-refractivity contribution in [1.82, 2.24) is 10.3 Å². The molecule has 0 spiro atoms. The van der Waals surface area contributed by atoms with E-state index < -0.39 is 0 Å². The summed E-state index contributed by atoms with van der Waals surface area (Å²) in [5.41, 5.74) is 7.10. The second-order valence-corrected chi connectivity index (χ2v) is 4.92. The van der Waals surface area contributed by atoms with Crippen LogP contribution in [-0.2, 0) is 0 Å². The molecule has 1 fully saturated rings. The van der Waals surface area contributed by atoms with Crippen molar-refractivity contribution in [3.05, 3.63) is 23.9 Å². The second kappa shape index (κ2) is 4.83. The predicted octanol–water partition coefficient (Wildman–Crippen LogP) is 2.36. The minimum absolute atomic E-state index is 0.360. The molecule has 0 amide bonds. The lowest BCUT2D eigenvalue weighted by atomic mass is 9.91. The molecule has 3 nitrogen and oxygen atoms in total. The van der Waals surface area contributed by atoms with Crippen LogP contribution in [0, 0.1) is 11.8 Å². The maximum atomic E-state index is 5.95. The average Bonchev–Trinajstić information content (AvgIpc) is 2.69. The molecule has 1 aromatic heterocycles. The molecular formula is C13H21N3. The summed E-state index contributed by atoms with van der Waals surface area (Å²) >= 11 is 0. The van der Waals surface area contributed by atoms with Crippen molar-refractivity contribution in [2.45, 2.75) is 32.2 Å². The zero-order valence-corrected chi connectivity index (χ0v) is 10.1. The molecule has 0 aliphatic heterocycles. The molecule has 0 bridgehead atoms. The highest BCUT2D eigenvalue weighted by Gasteiger charge is 2.29. The molecule has 1 aliphatic rings. The predicted molar refractivity (Wildman–Crippen MR) is 67.0 cm³/mol. The van der Waals surface area contributed by atoms with Crippen LogP contribution in [0.5, 0.6) is 0 Å². The molecule has 1 aliphatic carbocycles. The van der Waals surface area contributed by atoms with Gasteiger partial charge in [-0.25, -0.2) is 4.98 Å². The molecule has 3 unspecified atom stereocenters. The lowest BCUT2D eigenvalue weighted by Gasteiger charge is -2.24. The molecular weight excluding hydrogens is 198 g/mol. The van der Waals surface area contributed by atoms with E-state index in [0.29, 0.717) is 17.8 Å². The van der Waals surface area contributed by atoms with Gasteiger partial charge in [-0.3, -0.25) is 0 Å². The van der Waals surface area contributed by atoms with Gasteiger partial charge in [0.1, 0.15) is 5.82 Å².